The molecule has 0 aliphatic rings. The van der Waals surface area contributed by atoms with Crippen LogP contribution in [0.4, 0.5) is 0 Å². The number of ether oxygens (including phenoxy) is 4. The van der Waals surface area contributed by atoms with Gasteiger partial charge in [-0.05, 0) is 67.8 Å². The lowest BCUT2D eigenvalue weighted by Gasteiger charge is -2.16. The Morgan fingerprint density at radius 1 is 0.794 bits per heavy atom. The lowest BCUT2D eigenvalue weighted by atomic mass is 10.1. The smallest absolute Gasteiger partial charge is 0.180 e. The molecule has 5 nitrogen and oxygen atoms in total. The zero-order valence-corrected chi connectivity index (χ0v) is 21.7. The summed E-state index contributed by atoms with van der Waals surface area (Å²) in [5, 5.41) is 4.01. The number of aryl methyl sites for hydroxylation is 1. The summed E-state index contributed by atoms with van der Waals surface area (Å²) in [6.07, 6.45) is 0.865. The van der Waals surface area contributed by atoms with Crippen LogP contribution in [0.5, 0.6) is 23.0 Å². The second kappa shape index (κ2) is 14.0. The normalized spacial score (nSPS) is 10.4. The molecule has 3 aromatic carbocycles. The van der Waals surface area contributed by atoms with E-state index in [0.717, 1.165) is 35.6 Å². The van der Waals surface area contributed by atoms with Crippen LogP contribution in [0.25, 0.3) is 0 Å². The summed E-state index contributed by atoms with van der Waals surface area (Å²) >= 11 is 6.57. The van der Waals surface area contributed by atoms with Crippen molar-refractivity contribution in [3.05, 3.63) is 81.9 Å². The van der Waals surface area contributed by atoms with Crippen LogP contribution in [0.15, 0.2) is 54.6 Å². The Balaban J connectivity index is 0.00000408. The molecule has 0 bridgehead atoms. The molecule has 0 unspecified atom stereocenters. The summed E-state index contributed by atoms with van der Waals surface area (Å²) in [5.74, 6) is 2.71. The van der Waals surface area contributed by atoms with Gasteiger partial charge in [0.05, 0.1) is 25.8 Å². The minimum absolute atomic E-state index is 0. The van der Waals surface area contributed by atoms with Crippen molar-refractivity contribution in [2.45, 2.75) is 33.4 Å². The Hall–Kier alpha value is -2.60. The average molecular weight is 506 g/mol. The molecule has 0 saturated heterocycles. The van der Waals surface area contributed by atoms with E-state index in [-0.39, 0.29) is 12.4 Å². The van der Waals surface area contributed by atoms with Gasteiger partial charge in [0, 0.05) is 6.54 Å². The third kappa shape index (κ3) is 7.73. The van der Waals surface area contributed by atoms with Crippen LogP contribution in [0.3, 0.4) is 0 Å². The fraction of sp³-hybridized carbons (Fsp3) is 0.333. The molecular weight excluding hydrogens is 473 g/mol. The first-order valence-corrected chi connectivity index (χ1v) is 11.5. The van der Waals surface area contributed by atoms with Crippen molar-refractivity contribution >= 4 is 24.0 Å². The fourth-order valence-electron chi connectivity index (χ4n) is 3.47. The van der Waals surface area contributed by atoms with Gasteiger partial charge < -0.3 is 24.3 Å². The molecule has 0 aliphatic heterocycles. The summed E-state index contributed by atoms with van der Waals surface area (Å²) in [7, 11) is 3.29. The number of hydrogen-bond donors (Lipinski definition) is 1. The standard InChI is InChI=1S/C27H32ClNO4.ClH/c1-5-32-26-16-22(14-23(28)27(26)33-18-21-8-6-19(2)7-9-21)17-29-13-12-20-10-11-24(30-3)25(15-20)31-4;/h6-11,14-16,29H,5,12-13,17-18H2,1-4H3;1H. The highest BCUT2D eigenvalue weighted by molar-refractivity contribution is 6.32. The van der Waals surface area contributed by atoms with E-state index >= 15 is 0 Å². The van der Waals surface area contributed by atoms with Crippen LogP contribution in [-0.2, 0) is 19.6 Å². The minimum Gasteiger partial charge on any atom is -0.493 e. The summed E-state index contributed by atoms with van der Waals surface area (Å²) in [4.78, 5) is 0. The highest BCUT2D eigenvalue weighted by atomic mass is 35.5. The first kappa shape index (κ1) is 27.6. The molecule has 0 fully saturated rings. The maximum atomic E-state index is 6.57. The van der Waals surface area contributed by atoms with E-state index in [1.807, 2.05) is 37.3 Å². The molecular formula is C27H33Cl2NO4. The number of nitrogens with one attached hydrogen (secondary N) is 1. The van der Waals surface area contributed by atoms with E-state index in [4.69, 9.17) is 30.5 Å². The number of methoxy groups -OCH3 is 2. The molecule has 0 saturated carbocycles. The van der Waals surface area contributed by atoms with E-state index in [0.29, 0.717) is 36.3 Å². The lowest BCUT2D eigenvalue weighted by Crippen LogP contribution is -2.17. The van der Waals surface area contributed by atoms with E-state index in [2.05, 4.69) is 36.5 Å². The third-order valence-electron chi connectivity index (χ3n) is 5.24. The van der Waals surface area contributed by atoms with E-state index in [1.54, 1.807) is 14.2 Å². The highest BCUT2D eigenvalue weighted by Gasteiger charge is 2.13. The van der Waals surface area contributed by atoms with Crippen LogP contribution in [0.2, 0.25) is 5.02 Å². The summed E-state index contributed by atoms with van der Waals surface area (Å²) in [6.45, 7) is 6.46. The van der Waals surface area contributed by atoms with Crippen LogP contribution < -0.4 is 24.3 Å². The minimum atomic E-state index is 0. The summed E-state index contributed by atoms with van der Waals surface area (Å²) < 4.78 is 22.5. The Bertz CT molecular complexity index is 1040. The largest absolute Gasteiger partial charge is 0.493 e. The molecule has 184 valence electrons. The molecule has 0 heterocycles. The molecule has 7 heteroatoms. The number of rotatable bonds is 12. The van der Waals surface area contributed by atoms with E-state index in [1.165, 1.54) is 11.1 Å². The first-order chi connectivity index (χ1) is 16.0. The summed E-state index contributed by atoms with van der Waals surface area (Å²) in [5.41, 5.74) is 4.52. The van der Waals surface area contributed by atoms with Crippen molar-refractivity contribution < 1.29 is 18.9 Å². The Labute approximate surface area is 213 Å². The highest BCUT2D eigenvalue weighted by Crippen LogP contribution is 2.37. The van der Waals surface area contributed by atoms with Crippen molar-refractivity contribution in [2.75, 3.05) is 27.4 Å². The van der Waals surface area contributed by atoms with Gasteiger partial charge in [-0.25, -0.2) is 0 Å². The lowest BCUT2D eigenvalue weighted by molar-refractivity contribution is 0.269. The van der Waals surface area contributed by atoms with Gasteiger partial charge in [0.2, 0.25) is 0 Å². The Morgan fingerprint density at radius 2 is 1.47 bits per heavy atom. The Morgan fingerprint density at radius 3 is 2.15 bits per heavy atom. The maximum Gasteiger partial charge on any atom is 0.180 e. The third-order valence-corrected chi connectivity index (χ3v) is 5.52. The molecule has 0 aliphatic carbocycles. The molecule has 3 rings (SSSR count). The van der Waals surface area contributed by atoms with Crippen molar-refractivity contribution in [3.63, 3.8) is 0 Å². The second-order valence-corrected chi connectivity index (χ2v) is 8.14. The SMILES string of the molecule is CCOc1cc(CNCCc2ccc(OC)c(OC)c2)cc(Cl)c1OCc1ccc(C)cc1.Cl. The molecule has 1 N–H and O–H groups in total. The van der Waals surface area contributed by atoms with Gasteiger partial charge in [-0.2, -0.15) is 0 Å². The Kier molecular flexibility index (Phi) is 11.3. The van der Waals surface area contributed by atoms with Crippen LogP contribution in [0, 0.1) is 6.92 Å². The number of hydrogen-bond acceptors (Lipinski definition) is 5. The van der Waals surface area contributed by atoms with Crippen molar-refractivity contribution in [1.29, 1.82) is 0 Å². The fourth-order valence-corrected chi connectivity index (χ4v) is 3.76. The molecule has 0 aromatic heterocycles. The molecule has 0 spiro atoms. The molecule has 0 atom stereocenters. The van der Waals surface area contributed by atoms with E-state index < -0.39 is 0 Å². The van der Waals surface area contributed by atoms with Crippen molar-refractivity contribution in [3.8, 4) is 23.0 Å². The number of benzene rings is 3. The second-order valence-electron chi connectivity index (χ2n) is 7.73. The predicted octanol–water partition coefficient (Wildman–Crippen LogP) is 6.40. The van der Waals surface area contributed by atoms with Gasteiger partial charge in [-0.1, -0.05) is 47.5 Å². The van der Waals surface area contributed by atoms with Crippen LogP contribution in [0.1, 0.15) is 29.2 Å². The van der Waals surface area contributed by atoms with E-state index in [9.17, 15) is 0 Å². The van der Waals surface area contributed by atoms with Crippen molar-refractivity contribution in [1.82, 2.24) is 5.32 Å². The summed E-state index contributed by atoms with van der Waals surface area (Å²) in [6, 6.07) is 18.2. The van der Waals surface area contributed by atoms with Crippen molar-refractivity contribution in [2.24, 2.45) is 0 Å². The van der Waals surface area contributed by atoms with Gasteiger partial charge >= 0.3 is 0 Å². The van der Waals surface area contributed by atoms with Gasteiger partial charge in [-0.15, -0.1) is 12.4 Å². The van der Waals surface area contributed by atoms with Crippen LogP contribution >= 0.6 is 24.0 Å². The maximum absolute atomic E-state index is 6.57. The monoisotopic (exact) mass is 505 g/mol. The first-order valence-electron chi connectivity index (χ1n) is 11.1. The average Bonchev–Trinajstić information content (AvgIpc) is 2.82. The van der Waals surface area contributed by atoms with Crippen LogP contribution in [-0.4, -0.2) is 27.4 Å². The molecule has 3 aromatic rings. The molecule has 0 amide bonds. The van der Waals surface area contributed by atoms with Gasteiger partial charge in [0.15, 0.2) is 23.0 Å². The number of halogens is 2. The van der Waals surface area contributed by atoms with Gasteiger partial charge in [0.1, 0.15) is 6.61 Å². The molecule has 0 radical (unpaired) electrons. The zero-order chi connectivity index (χ0) is 23.6. The topological polar surface area (TPSA) is 49.0 Å². The van der Waals surface area contributed by atoms with Gasteiger partial charge in [-0.3, -0.25) is 0 Å². The quantitative estimate of drug-likeness (QED) is 0.288. The molecule has 34 heavy (non-hydrogen) atoms. The van der Waals surface area contributed by atoms with Gasteiger partial charge in [0.25, 0.3) is 0 Å². The zero-order valence-electron chi connectivity index (χ0n) is 20.2. The predicted molar refractivity (Wildman–Crippen MR) is 140 cm³/mol.